The van der Waals surface area contributed by atoms with Gasteiger partial charge in [0.1, 0.15) is 11.5 Å². The molecule has 2 aliphatic rings. The molecule has 39 heavy (non-hydrogen) atoms. The van der Waals surface area contributed by atoms with Gasteiger partial charge in [0.25, 0.3) is 5.56 Å². The first-order valence-corrected chi connectivity index (χ1v) is 13.5. The van der Waals surface area contributed by atoms with Crippen molar-refractivity contribution >= 4 is 34.6 Å². The smallest absolute Gasteiger partial charge is 0.407 e. The number of carboxylic acid groups (broad SMARTS) is 1. The Morgan fingerprint density at radius 3 is 2.44 bits per heavy atom. The minimum Gasteiger partial charge on any atom is -0.465 e. The number of hydrogen-bond donors (Lipinski definition) is 2. The van der Waals surface area contributed by atoms with Gasteiger partial charge in [0.05, 0.1) is 11.9 Å². The topological polar surface area (TPSA) is 116 Å². The Morgan fingerprint density at radius 1 is 0.974 bits per heavy atom. The second-order valence-corrected chi connectivity index (χ2v) is 10.2. The van der Waals surface area contributed by atoms with Crippen LogP contribution in [0.1, 0.15) is 42.9 Å². The first-order chi connectivity index (χ1) is 19.0. The summed E-state index contributed by atoms with van der Waals surface area (Å²) in [5, 5.41) is 13.2. The highest BCUT2D eigenvalue weighted by Gasteiger charge is 2.23. The van der Waals surface area contributed by atoms with Gasteiger partial charge in [-0.2, -0.15) is 4.98 Å². The predicted octanol–water partition coefficient (Wildman–Crippen LogP) is 4.44. The van der Waals surface area contributed by atoms with E-state index in [1.807, 2.05) is 53.1 Å². The molecule has 1 saturated carbocycles. The number of rotatable bonds is 6. The van der Waals surface area contributed by atoms with Crippen LogP contribution in [0.25, 0.3) is 11.0 Å². The van der Waals surface area contributed by atoms with E-state index in [1.165, 1.54) is 4.90 Å². The summed E-state index contributed by atoms with van der Waals surface area (Å²) in [6.45, 7) is 2.19. The predicted molar refractivity (Wildman–Crippen MR) is 150 cm³/mol. The highest BCUT2D eigenvalue weighted by atomic mass is 16.4. The van der Waals surface area contributed by atoms with E-state index in [0.717, 1.165) is 47.9 Å². The monoisotopic (exact) mass is 525 g/mol. The van der Waals surface area contributed by atoms with Crippen LogP contribution in [0.2, 0.25) is 0 Å². The van der Waals surface area contributed by atoms with Gasteiger partial charge >= 0.3 is 6.09 Å². The zero-order valence-electron chi connectivity index (χ0n) is 21.7. The standard InChI is InChI=1S/C29H31N7O3/c37-27-21(16-20-6-2-1-3-7-20)17-22-18-31-28(33-26(22)36(27)23-8-4-5-9-23)32-25-11-10-24(19-30-25)34-12-14-35(15-13-34)29(38)39/h1-3,6-7,10-11,17-19,23H,4-5,8-9,12-16H2,(H,38,39)(H,30,31,32,33). The van der Waals surface area contributed by atoms with E-state index in [1.54, 1.807) is 12.4 Å². The van der Waals surface area contributed by atoms with E-state index in [-0.39, 0.29) is 11.6 Å². The number of carbonyl (C=O) groups is 1. The number of pyridine rings is 2. The van der Waals surface area contributed by atoms with Gasteiger partial charge in [-0.3, -0.25) is 9.36 Å². The van der Waals surface area contributed by atoms with Gasteiger partial charge in [-0.1, -0.05) is 43.2 Å². The number of hydrogen-bond acceptors (Lipinski definition) is 7. The fourth-order valence-corrected chi connectivity index (χ4v) is 5.60. The van der Waals surface area contributed by atoms with Crippen molar-refractivity contribution in [3.63, 3.8) is 0 Å². The van der Waals surface area contributed by atoms with Crippen molar-refractivity contribution in [2.75, 3.05) is 36.4 Å². The molecule has 1 aromatic carbocycles. The summed E-state index contributed by atoms with van der Waals surface area (Å²) >= 11 is 0. The number of benzene rings is 1. The summed E-state index contributed by atoms with van der Waals surface area (Å²) in [5.74, 6) is 0.984. The van der Waals surface area contributed by atoms with E-state index < -0.39 is 6.09 Å². The molecule has 3 aromatic heterocycles. The molecule has 0 bridgehead atoms. The number of fused-ring (bicyclic) bond motifs is 1. The third-order valence-corrected chi connectivity index (χ3v) is 7.68. The summed E-state index contributed by atoms with van der Waals surface area (Å²) in [6, 6.07) is 15.9. The summed E-state index contributed by atoms with van der Waals surface area (Å²) in [6.07, 6.45) is 7.40. The van der Waals surface area contributed by atoms with E-state index in [9.17, 15) is 9.59 Å². The van der Waals surface area contributed by atoms with Crippen LogP contribution in [0.3, 0.4) is 0 Å². The van der Waals surface area contributed by atoms with E-state index in [0.29, 0.717) is 50.0 Å². The van der Waals surface area contributed by atoms with Crippen LogP contribution in [0.4, 0.5) is 22.2 Å². The number of nitrogens with one attached hydrogen (secondary N) is 1. The van der Waals surface area contributed by atoms with E-state index in [2.05, 4.69) is 20.2 Å². The second kappa shape index (κ2) is 10.7. The van der Waals surface area contributed by atoms with Crippen molar-refractivity contribution in [1.82, 2.24) is 24.4 Å². The minimum absolute atomic E-state index is 0.0216. The largest absolute Gasteiger partial charge is 0.465 e. The zero-order valence-corrected chi connectivity index (χ0v) is 21.7. The fraction of sp³-hybridized carbons (Fsp3) is 0.345. The molecule has 10 nitrogen and oxygen atoms in total. The Balaban J connectivity index is 1.26. The molecule has 4 heterocycles. The third-order valence-electron chi connectivity index (χ3n) is 7.68. The quantitative estimate of drug-likeness (QED) is 0.380. The Bertz CT molecular complexity index is 1520. The van der Waals surface area contributed by atoms with E-state index >= 15 is 0 Å². The third kappa shape index (κ3) is 5.27. The molecular weight excluding hydrogens is 494 g/mol. The molecule has 0 radical (unpaired) electrons. The molecule has 0 spiro atoms. The normalized spacial score (nSPS) is 16.1. The molecule has 200 valence electrons. The van der Waals surface area contributed by atoms with Crippen LogP contribution in [0.15, 0.2) is 65.7 Å². The van der Waals surface area contributed by atoms with Gasteiger partial charge < -0.3 is 20.2 Å². The maximum absolute atomic E-state index is 13.7. The Morgan fingerprint density at radius 2 is 1.74 bits per heavy atom. The highest BCUT2D eigenvalue weighted by Crippen LogP contribution is 2.31. The van der Waals surface area contributed by atoms with Gasteiger partial charge in [-0.05, 0) is 36.6 Å². The number of amides is 1. The number of nitrogens with zero attached hydrogens (tertiary/aromatic N) is 6. The van der Waals surface area contributed by atoms with Crippen molar-refractivity contribution in [2.24, 2.45) is 0 Å². The van der Waals surface area contributed by atoms with Crippen molar-refractivity contribution in [3.05, 3.63) is 82.4 Å². The van der Waals surface area contributed by atoms with Gasteiger partial charge in [0.15, 0.2) is 0 Å². The number of piperazine rings is 1. The summed E-state index contributed by atoms with van der Waals surface area (Å²) < 4.78 is 1.89. The average Bonchev–Trinajstić information content (AvgIpc) is 3.49. The van der Waals surface area contributed by atoms with Crippen LogP contribution in [-0.4, -0.2) is 61.8 Å². The first-order valence-electron chi connectivity index (χ1n) is 13.5. The van der Waals surface area contributed by atoms with Gasteiger partial charge in [0.2, 0.25) is 5.95 Å². The van der Waals surface area contributed by atoms with Crippen molar-refractivity contribution in [3.8, 4) is 0 Å². The molecule has 1 amide bonds. The van der Waals surface area contributed by atoms with Gasteiger partial charge in [-0.25, -0.2) is 14.8 Å². The molecule has 1 aliphatic carbocycles. The minimum atomic E-state index is -0.881. The average molecular weight is 526 g/mol. The molecule has 2 N–H and O–H groups in total. The maximum Gasteiger partial charge on any atom is 0.407 e. The lowest BCUT2D eigenvalue weighted by atomic mass is 10.0. The molecule has 6 rings (SSSR count). The molecule has 10 heteroatoms. The molecule has 1 aliphatic heterocycles. The highest BCUT2D eigenvalue weighted by molar-refractivity contribution is 5.77. The Kier molecular flexibility index (Phi) is 6.83. The van der Waals surface area contributed by atoms with Crippen molar-refractivity contribution in [1.29, 1.82) is 0 Å². The summed E-state index contributed by atoms with van der Waals surface area (Å²) in [4.78, 5) is 42.3. The van der Waals surface area contributed by atoms with Crippen LogP contribution in [0, 0.1) is 0 Å². The van der Waals surface area contributed by atoms with Crippen LogP contribution < -0.4 is 15.8 Å². The molecule has 0 atom stereocenters. The lowest BCUT2D eigenvalue weighted by Crippen LogP contribution is -2.48. The maximum atomic E-state index is 13.7. The molecule has 4 aromatic rings. The zero-order chi connectivity index (χ0) is 26.8. The Labute approximate surface area is 226 Å². The van der Waals surface area contributed by atoms with Gasteiger partial charge in [-0.15, -0.1) is 0 Å². The lowest BCUT2D eigenvalue weighted by Gasteiger charge is -2.34. The fourth-order valence-electron chi connectivity index (χ4n) is 5.60. The number of anilines is 3. The lowest BCUT2D eigenvalue weighted by molar-refractivity contribution is 0.142. The summed E-state index contributed by atoms with van der Waals surface area (Å²) in [5.41, 5.74) is 3.46. The molecule has 2 fully saturated rings. The molecular formula is C29H31N7O3. The first kappa shape index (κ1) is 24.8. The number of aromatic nitrogens is 4. The van der Waals surface area contributed by atoms with Crippen LogP contribution in [0.5, 0.6) is 0 Å². The van der Waals surface area contributed by atoms with Crippen molar-refractivity contribution < 1.29 is 9.90 Å². The van der Waals surface area contributed by atoms with Crippen LogP contribution >= 0.6 is 0 Å². The SMILES string of the molecule is O=C(O)N1CCN(c2ccc(Nc3ncc4cc(Cc5ccccc5)c(=O)n(C5CCCC5)c4n3)nc2)CC1. The Hall–Kier alpha value is -4.47. The van der Waals surface area contributed by atoms with Gasteiger partial charge in [0, 0.05) is 55.8 Å². The summed E-state index contributed by atoms with van der Waals surface area (Å²) in [7, 11) is 0. The van der Waals surface area contributed by atoms with Crippen molar-refractivity contribution in [2.45, 2.75) is 38.1 Å². The van der Waals surface area contributed by atoms with E-state index in [4.69, 9.17) is 10.1 Å². The molecule has 0 unspecified atom stereocenters. The van der Waals surface area contributed by atoms with Crippen LogP contribution in [-0.2, 0) is 6.42 Å². The molecule has 1 saturated heterocycles. The second-order valence-electron chi connectivity index (χ2n) is 10.2.